The smallest absolute Gasteiger partial charge is 0.0462 e. The zero-order valence-electron chi connectivity index (χ0n) is 27.7. The zero-order chi connectivity index (χ0) is 33.5. The molecule has 0 spiro atoms. The molecule has 0 aromatic heterocycles. The van der Waals surface area contributed by atoms with E-state index in [1.807, 2.05) is 18.2 Å². The minimum atomic E-state index is 1.07. The van der Waals surface area contributed by atoms with Crippen molar-refractivity contribution in [3.63, 3.8) is 0 Å². The van der Waals surface area contributed by atoms with Crippen molar-refractivity contribution in [2.75, 3.05) is 10.2 Å². The monoisotopic (exact) mass is 640 g/mol. The molecule has 0 aliphatic heterocycles. The van der Waals surface area contributed by atoms with Gasteiger partial charge in [-0.1, -0.05) is 140 Å². The maximum atomic E-state index is 3.48. The molecule has 0 aliphatic rings. The van der Waals surface area contributed by atoms with Crippen molar-refractivity contribution >= 4 is 51.4 Å². The first-order valence-corrected chi connectivity index (χ1v) is 17.0. The van der Waals surface area contributed by atoms with Crippen LogP contribution in [0, 0.1) is 0 Å². The zero-order valence-corrected chi connectivity index (χ0v) is 27.7. The molecule has 238 valence electrons. The molecule has 0 aliphatic carbocycles. The number of hydrogen-bond donors (Lipinski definition) is 1. The highest BCUT2D eigenvalue weighted by Gasteiger charge is 2.12. The largest absolute Gasteiger partial charge is 0.356 e. The molecule has 8 aromatic carbocycles. The number of anilines is 5. The Morgan fingerprint density at radius 1 is 0.340 bits per heavy atom. The summed E-state index contributed by atoms with van der Waals surface area (Å²) >= 11 is 0. The first-order valence-electron chi connectivity index (χ1n) is 17.0. The lowest BCUT2D eigenvalue weighted by molar-refractivity contribution is 1.28. The van der Waals surface area contributed by atoms with Crippen LogP contribution in [0.1, 0.15) is 11.1 Å². The Balaban J connectivity index is 1.00. The van der Waals surface area contributed by atoms with E-state index in [4.69, 9.17) is 0 Å². The first kappa shape index (κ1) is 30.7. The van der Waals surface area contributed by atoms with E-state index in [-0.39, 0.29) is 0 Å². The summed E-state index contributed by atoms with van der Waals surface area (Å²) in [5.41, 5.74) is 12.7. The standard InChI is InChI=1S/C48H36N2/c1-4-12-42(13-5-1)49-43-30-28-38(29-31-43)47-18-10-11-19-48(47)41-27-26-39-34-37(22-25-40(39)35-41)21-20-36-23-32-46(33-24-36)50(44-14-6-2-7-15-44)45-16-8-3-9-17-45/h1-35,49H/b21-20+. The van der Waals surface area contributed by atoms with Crippen LogP contribution in [0.15, 0.2) is 200 Å². The van der Waals surface area contributed by atoms with Gasteiger partial charge in [-0.3, -0.25) is 0 Å². The lowest BCUT2D eigenvalue weighted by Crippen LogP contribution is -2.09. The molecule has 0 bridgehead atoms. The van der Waals surface area contributed by atoms with E-state index in [0.29, 0.717) is 0 Å². The molecule has 0 heterocycles. The molecule has 0 saturated heterocycles. The topological polar surface area (TPSA) is 15.3 Å². The van der Waals surface area contributed by atoms with Crippen LogP contribution < -0.4 is 10.2 Å². The number of para-hydroxylation sites is 3. The van der Waals surface area contributed by atoms with E-state index in [9.17, 15) is 0 Å². The van der Waals surface area contributed by atoms with Gasteiger partial charge in [0.25, 0.3) is 0 Å². The number of nitrogens with zero attached hydrogens (tertiary/aromatic N) is 1. The Bertz CT molecular complexity index is 2320. The molecule has 0 radical (unpaired) electrons. The van der Waals surface area contributed by atoms with E-state index >= 15 is 0 Å². The minimum absolute atomic E-state index is 1.07. The van der Waals surface area contributed by atoms with Gasteiger partial charge in [0.15, 0.2) is 0 Å². The van der Waals surface area contributed by atoms with Gasteiger partial charge in [0.2, 0.25) is 0 Å². The van der Waals surface area contributed by atoms with Gasteiger partial charge in [0, 0.05) is 28.4 Å². The summed E-state index contributed by atoms with van der Waals surface area (Å²) in [6.45, 7) is 0. The average molecular weight is 641 g/mol. The van der Waals surface area contributed by atoms with Crippen LogP contribution in [0.4, 0.5) is 28.4 Å². The van der Waals surface area contributed by atoms with Gasteiger partial charge in [-0.15, -0.1) is 0 Å². The first-order chi connectivity index (χ1) is 24.8. The molecule has 2 nitrogen and oxygen atoms in total. The summed E-state index contributed by atoms with van der Waals surface area (Å²) in [6.07, 6.45) is 4.38. The number of fused-ring (bicyclic) bond motifs is 1. The minimum Gasteiger partial charge on any atom is -0.356 e. The summed E-state index contributed by atoms with van der Waals surface area (Å²) in [7, 11) is 0. The van der Waals surface area contributed by atoms with Gasteiger partial charge in [-0.05, 0) is 117 Å². The molecule has 0 fully saturated rings. The molecule has 0 atom stereocenters. The predicted molar refractivity (Wildman–Crippen MR) is 215 cm³/mol. The van der Waals surface area contributed by atoms with Gasteiger partial charge in [-0.25, -0.2) is 0 Å². The van der Waals surface area contributed by atoms with Gasteiger partial charge in [0.1, 0.15) is 0 Å². The van der Waals surface area contributed by atoms with Crippen molar-refractivity contribution in [2.45, 2.75) is 0 Å². The lowest BCUT2D eigenvalue weighted by atomic mass is 9.93. The van der Waals surface area contributed by atoms with E-state index in [2.05, 4.69) is 204 Å². The Labute approximate surface area is 294 Å². The number of nitrogens with one attached hydrogen (secondary N) is 1. The number of rotatable bonds is 9. The molecular weight excluding hydrogens is 605 g/mol. The summed E-state index contributed by atoms with van der Waals surface area (Å²) in [5, 5.41) is 5.93. The summed E-state index contributed by atoms with van der Waals surface area (Å²) in [6, 6.07) is 70.8. The number of hydrogen-bond acceptors (Lipinski definition) is 2. The fourth-order valence-electron chi connectivity index (χ4n) is 6.47. The van der Waals surface area contributed by atoms with E-state index in [0.717, 1.165) is 34.0 Å². The molecule has 0 amide bonds. The van der Waals surface area contributed by atoms with E-state index in [1.54, 1.807) is 0 Å². The van der Waals surface area contributed by atoms with Crippen LogP contribution >= 0.6 is 0 Å². The lowest BCUT2D eigenvalue weighted by Gasteiger charge is -2.25. The fourth-order valence-corrected chi connectivity index (χ4v) is 6.47. The highest BCUT2D eigenvalue weighted by Crippen LogP contribution is 2.36. The second-order valence-corrected chi connectivity index (χ2v) is 12.4. The highest BCUT2D eigenvalue weighted by molar-refractivity contribution is 5.93. The van der Waals surface area contributed by atoms with Crippen LogP contribution in [0.5, 0.6) is 0 Å². The molecule has 50 heavy (non-hydrogen) atoms. The van der Waals surface area contributed by atoms with Crippen LogP contribution in [0.3, 0.4) is 0 Å². The Hall–Kier alpha value is -6.64. The molecule has 8 aromatic rings. The molecule has 8 rings (SSSR count). The third kappa shape index (κ3) is 6.82. The third-order valence-electron chi connectivity index (χ3n) is 9.01. The van der Waals surface area contributed by atoms with Crippen LogP contribution in [0.2, 0.25) is 0 Å². The van der Waals surface area contributed by atoms with Crippen molar-refractivity contribution in [3.05, 3.63) is 211 Å². The highest BCUT2D eigenvalue weighted by atomic mass is 15.1. The van der Waals surface area contributed by atoms with Crippen molar-refractivity contribution in [1.82, 2.24) is 0 Å². The summed E-state index contributed by atoms with van der Waals surface area (Å²) in [5.74, 6) is 0. The Morgan fingerprint density at radius 3 is 1.46 bits per heavy atom. The summed E-state index contributed by atoms with van der Waals surface area (Å²) < 4.78 is 0. The molecule has 1 N–H and O–H groups in total. The third-order valence-corrected chi connectivity index (χ3v) is 9.01. The van der Waals surface area contributed by atoms with Gasteiger partial charge >= 0.3 is 0 Å². The quantitative estimate of drug-likeness (QED) is 0.158. The van der Waals surface area contributed by atoms with E-state index < -0.39 is 0 Å². The molecule has 2 heteroatoms. The summed E-state index contributed by atoms with van der Waals surface area (Å²) in [4.78, 5) is 2.28. The predicted octanol–water partition coefficient (Wildman–Crippen LogP) is 13.6. The number of benzene rings is 8. The molecule has 0 saturated carbocycles. The van der Waals surface area contributed by atoms with Crippen molar-refractivity contribution < 1.29 is 0 Å². The van der Waals surface area contributed by atoms with Crippen molar-refractivity contribution in [3.8, 4) is 22.3 Å². The van der Waals surface area contributed by atoms with E-state index in [1.165, 1.54) is 38.6 Å². The molecule has 0 unspecified atom stereocenters. The second kappa shape index (κ2) is 14.2. The average Bonchev–Trinajstić information content (AvgIpc) is 3.19. The Morgan fingerprint density at radius 2 is 0.800 bits per heavy atom. The van der Waals surface area contributed by atoms with Crippen molar-refractivity contribution in [2.24, 2.45) is 0 Å². The van der Waals surface area contributed by atoms with Crippen LogP contribution in [-0.2, 0) is 0 Å². The van der Waals surface area contributed by atoms with Gasteiger partial charge in [0.05, 0.1) is 0 Å². The van der Waals surface area contributed by atoms with Gasteiger partial charge in [-0.2, -0.15) is 0 Å². The normalized spacial score (nSPS) is 11.1. The van der Waals surface area contributed by atoms with Crippen LogP contribution in [-0.4, -0.2) is 0 Å². The second-order valence-electron chi connectivity index (χ2n) is 12.4. The maximum Gasteiger partial charge on any atom is 0.0462 e. The van der Waals surface area contributed by atoms with Crippen LogP contribution in [0.25, 0.3) is 45.2 Å². The van der Waals surface area contributed by atoms with Crippen molar-refractivity contribution in [1.29, 1.82) is 0 Å². The SMILES string of the molecule is C(=C\c1ccc2cc(-c3ccccc3-c3ccc(Nc4ccccc4)cc3)ccc2c1)/c1ccc(N(c2ccccc2)c2ccccc2)cc1. The van der Waals surface area contributed by atoms with Gasteiger partial charge < -0.3 is 10.2 Å². The maximum absolute atomic E-state index is 3.48. The Kier molecular flexibility index (Phi) is 8.73. The fraction of sp³-hybridized carbons (Fsp3) is 0. The molecular formula is C48H36N2.